The average molecular weight is 341 g/mol. The number of benzene rings is 1. The second-order valence-electron chi connectivity index (χ2n) is 7.10. The van der Waals surface area contributed by atoms with E-state index in [1.54, 1.807) is 12.1 Å². The predicted molar refractivity (Wildman–Crippen MR) is 95.1 cm³/mol. The highest BCUT2D eigenvalue weighted by atomic mass is 16.5. The Morgan fingerprint density at radius 3 is 2.12 bits per heavy atom. The van der Waals surface area contributed by atoms with Crippen molar-refractivity contribution < 1.29 is 19.1 Å². The fourth-order valence-electron chi connectivity index (χ4n) is 2.36. The molecule has 1 N–H and O–H groups in total. The second-order valence-corrected chi connectivity index (χ2v) is 7.10. The third-order valence-corrected chi connectivity index (χ3v) is 4.00. The van der Waals surface area contributed by atoms with Gasteiger partial charge in [0.05, 0.1) is 0 Å². The van der Waals surface area contributed by atoms with Crippen LogP contribution in [-0.4, -0.2) is 28.6 Å². The van der Waals surface area contributed by atoms with Crippen LogP contribution in [0.4, 0.5) is 0 Å². The van der Waals surface area contributed by atoms with E-state index in [2.05, 4.69) is 25.8 Å². The number of H-pyrrole nitrogens is 1. The highest BCUT2D eigenvalue weighted by Gasteiger charge is 2.22. The van der Waals surface area contributed by atoms with Crippen molar-refractivity contribution in [2.75, 3.05) is 0 Å². The number of hydrogen-bond acceptors (Lipinski definition) is 4. The first kappa shape index (κ1) is 18.6. The number of hydrogen-bond donors (Lipinski definition) is 1. The summed E-state index contributed by atoms with van der Waals surface area (Å²) in [4.78, 5) is 38.5. The molecule has 1 aromatic carbocycles. The lowest BCUT2D eigenvalue weighted by Gasteiger charge is -2.19. The van der Waals surface area contributed by atoms with Crippen molar-refractivity contribution in [1.82, 2.24) is 4.98 Å². The first-order chi connectivity index (χ1) is 11.6. The molecule has 0 amide bonds. The molecule has 1 aromatic heterocycles. The molecule has 0 unspecified atom stereocenters. The smallest absolute Gasteiger partial charge is 0.355 e. The number of Topliss-reactive ketones (excluding diaryl/α,β-unsaturated/α-hetero) is 2. The molecule has 1 heterocycles. The van der Waals surface area contributed by atoms with E-state index in [0.29, 0.717) is 11.1 Å². The third-order valence-electron chi connectivity index (χ3n) is 4.00. The van der Waals surface area contributed by atoms with Gasteiger partial charge in [0.25, 0.3) is 0 Å². The molecule has 5 heteroatoms. The summed E-state index contributed by atoms with van der Waals surface area (Å²) in [6.07, 6.45) is 0.522. The number of aromatic amines is 1. The minimum Gasteiger partial charge on any atom is -0.450 e. The van der Waals surface area contributed by atoms with Gasteiger partial charge in [-0.3, -0.25) is 9.59 Å². The Bertz CT molecular complexity index is 794. The number of nitrogens with one attached hydrogen (secondary N) is 1. The number of esters is 1. The highest BCUT2D eigenvalue weighted by molar-refractivity contribution is 6.02. The van der Waals surface area contributed by atoms with Crippen molar-refractivity contribution >= 4 is 17.5 Å². The first-order valence-electron chi connectivity index (χ1n) is 8.14. The fourth-order valence-corrected chi connectivity index (χ4v) is 2.36. The molecule has 2 aromatic rings. The Balaban J connectivity index is 2.06. The van der Waals surface area contributed by atoms with Gasteiger partial charge in [-0.05, 0) is 30.9 Å². The predicted octanol–water partition coefficient (Wildman–Crippen LogP) is 3.94. The van der Waals surface area contributed by atoms with Crippen LogP contribution in [0.25, 0.3) is 0 Å². The van der Waals surface area contributed by atoms with Crippen molar-refractivity contribution in [3.05, 3.63) is 58.9 Å². The molecule has 25 heavy (non-hydrogen) atoms. The van der Waals surface area contributed by atoms with E-state index >= 15 is 0 Å². The lowest BCUT2D eigenvalue weighted by atomic mass is 9.86. The maximum Gasteiger partial charge on any atom is 0.355 e. The number of carbonyl (C=O) groups excluding carboxylic acids is 3. The van der Waals surface area contributed by atoms with Gasteiger partial charge in [-0.1, -0.05) is 45.0 Å². The van der Waals surface area contributed by atoms with Gasteiger partial charge in [0.1, 0.15) is 5.69 Å². The average Bonchev–Trinajstić information content (AvgIpc) is 3.03. The van der Waals surface area contributed by atoms with Crippen molar-refractivity contribution in [3.63, 3.8) is 0 Å². The lowest BCUT2D eigenvalue weighted by Crippen LogP contribution is -2.24. The molecule has 0 aliphatic carbocycles. The fraction of sp³-hybridized carbons (Fsp3) is 0.350. The standard InChI is InChI=1S/C20H23NO4/c1-12(22)15-10-17(21-11-15)19(24)25-13(2)18(23)14-6-8-16(9-7-14)20(3,4)5/h6-11,13,21H,1-5H3/t13-/m1/s1. The van der Waals surface area contributed by atoms with Crippen LogP contribution >= 0.6 is 0 Å². The summed E-state index contributed by atoms with van der Waals surface area (Å²) in [5, 5.41) is 0. The number of ether oxygens (including phenoxy) is 1. The van der Waals surface area contributed by atoms with Crippen LogP contribution in [0.2, 0.25) is 0 Å². The van der Waals surface area contributed by atoms with E-state index in [9.17, 15) is 14.4 Å². The van der Waals surface area contributed by atoms with Crippen LogP contribution in [0.3, 0.4) is 0 Å². The zero-order chi connectivity index (χ0) is 18.8. The molecule has 0 radical (unpaired) electrons. The molecule has 0 saturated heterocycles. The topological polar surface area (TPSA) is 76.2 Å². The SMILES string of the molecule is CC(=O)c1c[nH]c(C(=O)O[C@H](C)C(=O)c2ccc(C(C)(C)C)cc2)c1. The second kappa shape index (κ2) is 7.05. The summed E-state index contributed by atoms with van der Waals surface area (Å²) in [5.74, 6) is -1.09. The van der Waals surface area contributed by atoms with Gasteiger partial charge in [-0.25, -0.2) is 4.79 Å². The largest absolute Gasteiger partial charge is 0.450 e. The molecule has 2 rings (SSSR count). The van der Waals surface area contributed by atoms with Crippen LogP contribution in [0.15, 0.2) is 36.5 Å². The molecule has 132 valence electrons. The van der Waals surface area contributed by atoms with Crippen molar-refractivity contribution in [3.8, 4) is 0 Å². The normalized spacial score (nSPS) is 12.5. The lowest BCUT2D eigenvalue weighted by molar-refractivity contribution is 0.0314. The summed E-state index contributed by atoms with van der Waals surface area (Å²) in [6, 6.07) is 8.73. The number of carbonyl (C=O) groups is 3. The van der Waals surface area contributed by atoms with E-state index in [-0.39, 0.29) is 22.7 Å². The van der Waals surface area contributed by atoms with Crippen molar-refractivity contribution in [2.24, 2.45) is 0 Å². The van der Waals surface area contributed by atoms with Gasteiger partial charge in [0.2, 0.25) is 5.78 Å². The highest BCUT2D eigenvalue weighted by Crippen LogP contribution is 2.22. The van der Waals surface area contributed by atoms with E-state index in [1.165, 1.54) is 26.1 Å². The Morgan fingerprint density at radius 2 is 1.64 bits per heavy atom. The summed E-state index contributed by atoms with van der Waals surface area (Å²) in [5.41, 5.74) is 2.15. The Hall–Kier alpha value is -2.69. The van der Waals surface area contributed by atoms with Gasteiger partial charge in [-0.15, -0.1) is 0 Å². The van der Waals surface area contributed by atoms with Crippen LogP contribution in [0, 0.1) is 0 Å². The number of rotatable bonds is 5. The van der Waals surface area contributed by atoms with Crippen LogP contribution < -0.4 is 0 Å². The molecule has 0 fully saturated rings. The molecule has 0 spiro atoms. The molecule has 1 atom stereocenters. The Morgan fingerprint density at radius 1 is 1.04 bits per heavy atom. The van der Waals surface area contributed by atoms with Crippen LogP contribution in [0.1, 0.15) is 71.4 Å². The number of ketones is 2. The Kier molecular flexibility index (Phi) is 5.26. The Labute approximate surface area is 147 Å². The zero-order valence-electron chi connectivity index (χ0n) is 15.2. The summed E-state index contributed by atoms with van der Waals surface area (Å²) in [7, 11) is 0. The van der Waals surface area contributed by atoms with Crippen LogP contribution in [-0.2, 0) is 10.2 Å². The molecule has 0 bridgehead atoms. The van der Waals surface area contributed by atoms with Gasteiger partial charge < -0.3 is 9.72 Å². The maximum absolute atomic E-state index is 12.4. The van der Waals surface area contributed by atoms with E-state index in [4.69, 9.17) is 4.74 Å². The molecule has 0 aliphatic heterocycles. The summed E-state index contributed by atoms with van der Waals surface area (Å²) < 4.78 is 5.21. The minimum atomic E-state index is -0.919. The van der Waals surface area contributed by atoms with Crippen LogP contribution in [0.5, 0.6) is 0 Å². The monoisotopic (exact) mass is 341 g/mol. The van der Waals surface area contributed by atoms with Gasteiger partial charge in [0.15, 0.2) is 11.9 Å². The number of aromatic nitrogens is 1. The van der Waals surface area contributed by atoms with Gasteiger partial charge in [-0.2, -0.15) is 0 Å². The molecular weight excluding hydrogens is 318 g/mol. The van der Waals surface area contributed by atoms with Gasteiger partial charge in [0, 0.05) is 17.3 Å². The van der Waals surface area contributed by atoms with Gasteiger partial charge >= 0.3 is 5.97 Å². The quantitative estimate of drug-likeness (QED) is 0.660. The van der Waals surface area contributed by atoms with E-state index < -0.39 is 12.1 Å². The summed E-state index contributed by atoms with van der Waals surface area (Å²) in [6.45, 7) is 9.23. The molecular formula is C20H23NO4. The first-order valence-corrected chi connectivity index (χ1v) is 8.14. The van der Waals surface area contributed by atoms with E-state index in [1.807, 2.05) is 12.1 Å². The minimum absolute atomic E-state index is 0.00168. The molecule has 0 saturated carbocycles. The van der Waals surface area contributed by atoms with Crippen molar-refractivity contribution in [1.29, 1.82) is 0 Å². The molecule has 5 nitrogen and oxygen atoms in total. The zero-order valence-corrected chi connectivity index (χ0v) is 15.2. The maximum atomic E-state index is 12.4. The van der Waals surface area contributed by atoms with E-state index in [0.717, 1.165) is 5.56 Å². The summed E-state index contributed by atoms with van der Waals surface area (Å²) >= 11 is 0. The molecule has 0 aliphatic rings. The van der Waals surface area contributed by atoms with Crippen molar-refractivity contribution in [2.45, 2.75) is 46.1 Å². The third kappa shape index (κ3) is 4.44.